The van der Waals surface area contributed by atoms with E-state index in [1.54, 1.807) is 30.3 Å². The molecular formula is C17H14ClN5OS. The minimum atomic E-state index is 0.457. The lowest BCUT2D eigenvalue weighted by atomic mass is 10.2. The number of ether oxygens (including phenoxy) is 1. The summed E-state index contributed by atoms with van der Waals surface area (Å²) in [5, 5.41) is 18.3. The molecule has 0 saturated carbocycles. The summed E-state index contributed by atoms with van der Waals surface area (Å²) >= 11 is 7.43. The Kier molecular flexibility index (Phi) is 5.43. The Morgan fingerprint density at radius 1 is 1.20 bits per heavy atom. The number of nitrogen functional groups attached to an aromatic ring is 1. The maximum absolute atomic E-state index is 8.88. The molecule has 25 heavy (non-hydrogen) atoms. The number of aromatic nitrogens is 3. The van der Waals surface area contributed by atoms with Crippen molar-refractivity contribution in [3.8, 4) is 23.2 Å². The quantitative estimate of drug-likeness (QED) is 0.406. The maximum Gasteiger partial charge on any atom is 0.210 e. The summed E-state index contributed by atoms with van der Waals surface area (Å²) in [4.78, 5) is 0. The van der Waals surface area contributed by atoms with E-state index >= 15 is 0 Å². The van der Waals surface area contributed by atoms with Crippen LogP contribution < -0.4 is 10.6 Å². The summed E-state index contributed by atoms with van der Waals surface area (Å²) in [6.45, 7) is 0.457. The van der Waals surface area contributed by atoms with Crippen molar-refractivity contribution in [3.63, 3.8) is 0 Å². The fraction of sp³-hybridized carbons (Fsp3) is 0.118. The number of hydrogen-bond donors (Lipinski definition) is 1. The molecule has 1 heterocycles. The van der Waals surface area contributed by atoms with Crippen molar-refractivity contribution in [1.29, 1.82) is 5.26 Å². The summed E-state index contributed by atoms with van der Waals surface area (Å²) in [6.07, 6.45) is 0. The van der Waals surface area contributed by atoms with E-state index in [0.29, 0.717) is 39.7 Å². The van der Waals surface area contributed by atoms with Crippen molar-refractivity contribution in [3.05, 3.63) is 59.1 Å². The Morgan fingerprint density at radius 2 is 2.04 bits per heavy atom. The van der Waals surface area contributed by atoms with Gasteiger partial charge in [0.2, 0.25) is 5.16 Å². The molecule has 126 valence electrons. The molecule has 0 aliphatic rings. The summed E-state index contributed by atoms with van der Waals surface area (Å²) in [5.41, 5.74) is 1.37. The zero-order valence-electron chi connectivity index (χ0n) is 13.1. The number of rotatable bonds is 6. The first-order chi connectivity index (χ1) is 12.2. The third-order valence-corrected chi connectivity index (χ3v) is 4.44. The van der Waals surface area contributed by atoms with Crippen LogP contribution >= 0.6 is 23.4 Å². The normalized spacial score (nSPS) is 10.4. The fourth-order valence-electron chi connectivity index (χ4n) is 2.15. The van der Waals surface area contributed by atoms with Gasteiger partial charge >= 0.3 is 0 Å². The first-order valence-electron chi connectivity index (χ1n) is 7.39. The highest BCUT2D eigenvalue weighted by molar-refractivity contribution is 7.99. The second kappa shape index (κ2) is 7.92. The van der Waals surface area contributed by atoms with E-state index in [4.69, 9.17) is 27.4 Å². The van der Waals surface area contributed by atoms with Crippen molar-refractivity contribution >= 4 is 23.4 Å². The lowest BCUT2D eigenvalue weighted by Crippen LogP contribution is -2.12. The molecule has 0 amide bonds. The maximum atomic E-state index is 8.88. The zero-order valence-corrected chi connectivity index (χ0v) is 14.7. The molecule has 6 nitrogen and oxygen atoms in total. The summed E-state index contributed by atoms with van der Waals surface area (Å²) in [7, 11) is 0. The number of benzene rings is 2. The van der Waals surface area contributed by atoms with Crippen molar-refractivity contribution < 1.29 is 4.74 Å². The van der Waals surface area contributed by atoms with Gasteiger partial charge in [-0.3, -0.25) is 0 Å². The molecule has 2 N–H and O–H groups in total. The third kappa shape index (κ3) is 4.24. The summed E-state index contributed by atoms with van der Waals surface area (Å²) < 4.78 is 7.07. The second-order valence-electron chi connectivity index (χ2n) is 5.02. The Morgan fingerprint density at radius 3 is 2.84 bits per heavy atom. The number of thioether (sulfide) groups is 1. The minimum Gasteiger partial charge on any atom is -0.493 e. The van der Waals surface area contributed by atoms with E-state index < -0.39 is 0 Å². The van der Waals surface area contributed by atoms with Gasteiger partial charge in [-0.25, -0.2) is 4.68 Å². The number of halogens is 1. The van der Waals surface area contributed by atoms with E-state index in [0.717, 1.165) is 5.56 Å². The summed E-state index contributed by atoms with van der Waals surface area (Å²) in [5.74, 6) is 7.92. The first-order valence-corrected chi connectivity index (χ1v) is 8.76. The number of hydrogen-bond acceptors (Lipinski definition) is 6. The molecule has 0 atom stereocenters. The predicted octanol–water partition coefficient (Wildman–Crippen LogP) is 3.36. The van der Waals surface area contributed by atoms with Gasteiger partial charge in [0, 0.05) is 16.3 Å². The van der Waals surface area contributed by atoms with E-state index in [-0.39, 0.29) is 0 Å². The van der Waals surface area contributed by atoms with Crippen LogP contribution in [0.4, 0.5) is 0 Å². The van der Waals surface area contributed by atoms with Crippen molar-refractivity contribution in [2.75, 3.05) is 18.2 Å². The Bertz CT molecular complexity index is 921. The van der Waals surface area contributed by atoms with Crippen molar-refractivity contribution in [1.82, 2.24) is 14.9 Å². The highest BCUT2D eigenvalue weighted by Crippen LogP contribution is 2.24. The van der Waals surface area contributed by atoms with Gasteiger partial charge in [0.15, 0.2) is 5.82 Å². The van der Waals surface area contributed by atoms with E-state index in [1.807, 2.05) is 18.2 Å². The first kappa shape index (κ1) is 17.1. The molecular weight excluding hydrogens is 358 g/mol. The van der Waals surface area contributed by atoms with Crippen LogP contribution in [0.3, 0.4) is 0 Å². The molecule has 0 aliphatic carbocycles. The fourth-order valence-corrected chi connectivity index (χ4v) is 3.01. The monoisotopic (exact) mass is 371 g/mol. The molecule has 0 bridgehead atoms. The molecule has 2 aromatic carbocycles. The average Bonchev–Trinajstić information content (AvgIpc) is 2.99. The van der Waals surface area contributed by atoms with E-state index in [2.05, 4.69) is 16.3 Å². The number of nitriles is 1. The zero-order chi connectivity index (χ0) is 17.6. The number of nitrogens with two attached hydrogens (primary N) is 1. The van der Waals surface area contributed by atoms with Gasteiger partial charge in [0.05, 0.1) is 18.2 Å². The van der Waals surface area contributed by atoms with E-state index in [1.165, 1.54) is 16.4 Å². The molecule has 0 spiro atoms. The number of nitrogens with zero attached hydrogens (tertiary/aromatic N) is 4. The van der Waals surface area contributed by atoms with Gasteiger partial charge in [-0.15, -0.1) is 10.2 Å². The average molecular weight is 372 g/mol. The third-order valence-electron chi connectivity index (χ3n) is 3.29. The highest BCUT2D eigenvalue weighted by atomic mass is 35.5. The van der Waals surface area contributed by atoms with Gasteiger partial charge in [-0.05, 0) is 30.3 Å². The van der Waals surface area contributed by atoms with Gasteiger partial charge in [-0.2, -0.15) is 5.26 Å². The predicted molar refractivity (Wildman–Crippen MR) is 98.0 cm³/mol. The van der Waals surface area contributed by atoms with Crippen LogP contribution in [0.25, 0.3) is 11.4 Å². The lowest BCUT2D eigenvalue weighted by molar-refractivity contribution is 0.343. The molecule has 0 saturated heterocycles. The molecule has 8 heteroatoms. The van der Waals surface area contributed by atoms with Crippen LogP contribution in [0.5, 0.6) is 5.75 Å². The van der Waals surface area contributed by atoms with Gasteiger partial charge in [-0.1, -0.05) is 41.6 Å². The van der Waals surface area contributed by atoms with Crippen LogP contribution in [0.2, 0.25) is 5.02 Å². The molecule has 3 rings (SSSR count). The van der Waals surface area contributed by atoms with Gasteiger partial charge in [0.25, 0.3) is 0 Å². The van der Waals surface area contributed by atoms with Crippen LogP contribution in [0.15, 0.2) is 53.7 Å². The molecule has 0 unspecified atom stereocenters. The minimum absolute atomic E-state index is 0.457. The SMILES string of the molecule is N#Cc1cccc(OCCSc2nnc(-c3cccc(Cl)c3)n2N)c1. The molecule has 0 radical (unpaired) electrons. The molecule has 1 aromatic heterocycles. The van der Waals surface area contributed by atoms with Crippen LogP contribution in [-0.4, -0.2) is 27.2 Å². The van der Waals surface area contributed by atoms with Gasteiger partial charge < -0.3 is 10.6 Å². The second-order valence-corrected chi connectivity index (χ2v) is 6.52. The smallest absolute Gasteiger partial charge is 0.210 e. The molecule has 0 fully saturated rings. The van der Waals surface area contributed by atoms with Crippen LogP contribution in [0, 0.1) is 11.3 Å². The standard InChI is InChI=1S/C17H14ClN5OS/c18-14-5-2-4-13(10-14)16-21-22-17(23(16)20)25-8-7-24-15-6-1-3-12(9-15)11-19/h1-6,9-10H,7-8,20H2. The van der Waals surface area contributed by atoms with Crippen LogP contribution in [-0.2, 0) is 0 Å². The highest BCUT2D eigenvalue weighted by Gasteiger charge is 2.12. The summed E-state index contributed by atoms with van der Waals surface area (Å²) in [6, 6.07) is 16.4. The van der Waals surface area contributed by atoms with E-state index in [9.17, 15) is 0 Å². The Hall–Kier alpha value is -2.69. The topological polar surface area (TPSA) is 89.8 Å². The lowest BCUT2D eigenvalue weighted by Gasteiger charge is -2.06. The Balaban J connectivity index is 1.58. The van der Waals surface area contributed by atoms with Crippen LogP contribution in [0.1, 0.15) is 5.56 Å². The van der Waals surface area contributed by atoms with Crippen molar-refractivity contribution in [2.45, 2.75) is 5.16 Å². The molecule has 3 aromatic rings. The largest absolute Gasteiger partial charge is 0.493 e. The molecule has 0 aliphatic heterocycles. The van der Waals surface area contributed by atoms with Crippen molar-refractivity contribution in [2.24, 2.45) is 0 Å². The van der Waals surface area contributed by atoms with Gasteiger partial charge in [0.1, 0.15) is 5.75 Å². The Labute approximate surface area is 154 Å².